The van der Waals surface area contributed by atoms with Crippen molar-refractivity contribution in [2.45, 2.75) is 52.2 Å². The fourth-order valence-electron chi connectivity index (χ4n) is 4.02. The number of benzene rings is 2. The zero-order chi connectivity index (χ0) is 20.8. The molecule has 2 aromatic carbocycles. The van der Waals surface area contributed by atoms with Crippen LogP contribution in [-0.2, 0) is 11.3 Å². The van der Waals surface area contributed by atoms with Crippen molar-refractivity contribution in [2.24, 2.45) is 11.8 Å². The lowest BCUT2D eigenvalue weighted by atomic mass is 9.80. The van der Waals surface area contributed by atoms with Gasteiger partial charge in [0, 0.05) is 17.7 Å². The van der Waals surface area contributed by atoms with Gasteiger partial charge < -0.3 is 15.2 Å². The molecule has 1 fully saturated rings. The molecule has 0 aromatic heterocycles. The third-order valence-electron chi connectivity index (χ3n) is 5.80. The molecule has 0 spiro atoms. The van der Waals surface area contributed by atoms with E-state index in [1.807, 2.05) is 24.3 Å². The van der Waals surface area contributed by atoms with E-state index < -0.39 is 5.97 Å². The second-order valence-electron chi connectivity index (χ2n) is 8.20. The Labute approximate surface area is 172 Å². The van der Waals surface area contributed by atoms with Crippen molar-refractivity contribution in [3.63, 3.8) is 0 Å². The van der Waals surface area contributed by atoms with E-state index in [-0.39, 0.29) is 25.0 Å². The summed E-state index contributed by atoms with van der Waals surface area (Å²) in [7, 11) is 0. The Bertz CT molecular complexity index is 811. The van der Waals surface area contributed by atoms with Gasteiger partial charge in [0.15, 0.2) is 0 Å². The molecule has 0 radical (unpaired) electrons. The minimum atomic E-state index is -0.963. The number of nitrogens with one attached hydrogen (secondary N) is 1. The number of aliphatic carboxylic acids is 1. The highest BCUT2D eigenvalue weighted by Gasteiger charge is 2.24. The van der Waals surface area contributed by atoms with Crippen LogP contribution in [0.4, 0.5) is 4.39 Å². The first-order chi connectivity index (χ1) is 13.9. The second kappa shape index (κ2) is 9.88. The van der Waals surface area contributed by atoms with Crippen molar-refractivity contribution >= 4 is 5.97 Å². The standard InChI is InChI=1S/C24H30FNO3/c1-16(2)17-6-10-20(11-7-17)29-21-12-8-18(9-13-21)22-5-3-4-19(24(22)25)14-26-15-23(27)28/h3-5,8-9,12-13,16-17,20,26H,6-7,10-11,14-15H2,1-2H3,(H,27,28). The highest BCUT2D eigenvalue weighted by atomic mass is 19.1. The molecule has 3 rings (SSSR count). The quantitative estimate of drug-likeness (QED) is 0.636. The molecule has 0 aliphatic heterocycles. The summed E-state index contributed by atoms with van der Waals surface area (Å²) in [6.07, 6.45) is 4.87. The van der Waals surface area contributed by atoms with Crippen molar-refractivity contribution in [1.29, 1.82) is 0 Å². The first kappa shape index (κ1) is 21.3. The minimum absolute atomic E-state index is 0.173. The first-order valence-electron chi connectivity index (χ1n) is 10.4. The molecule has 156 valence electrons. The summed E-state index contributed by atoms with van der Waals surface area (Å²) in [6, 6.07) is 12.7. The number of rotatable bonds is 8. The molecule has 0 unspecified atom stereocenters. The van der Waals surface area contributed by atoms with Crippen molar-refractivity contribution in [2.75, 3.05) is 6.54 Å². The summed E-state index contributed by atoms with van der Waals surface area (Å²) in [5.41, 5.74) is 1.73. The SMILES string of the molecule is CC(C)C1CCC(Oc2ccc(-c3cccc(CNCC(=O)O)c3F)cc2)CC1. The van der Waals surface area contributed by atoms with Crippen LogP contribution in [0.15, 0.2) is 42.5 Å². The Morgan fingerprint density at radius 2 is 1.83 bits per heavy atom. The van der Waals surface area contributed by atoms with Gasteiger partial charge in [0.05, 0.1) is 12.6 Å². The molecule has 2 N–H and O–H groups in total. The molecular weight excluding hydrogens is 369 g/mol. The van der Waals surface area contributed by atoms with Gasteiger partial charge in [0.25, 0.3) is 0 Å². The van der Waals surface area contributed by atoms with E-state index in [4.69, 9.17) is 9.84 Å². The van der Waals surface area contributed by atoms with Gasteiger partial charge in [-0.2, -0.15) is 0 Å². The van der Waals surface area contributed by atoms with Crippen LogP contribution in [0.25, 0.3) is 11.1 Å². The molecule has 2 aromatic rings. The average Bonchev–Trinajstić information content (AvgIpc) is 2.70. The predicted molar refractivity (Wildman–Crippen MR) is 112 cm³/mol. The Balaban J connectivity index is 1.62. The highest BCUT2D eigenvalue weighted by molar-refractivity contribution is 5.69. The zero-order valence-corrected chi connectivity index (χ0v) is 17.2. The van der Waals surface area contributed by atoms with Gasteiger partial charge in [0.1, 0.15) is 11.6 Å². The van der Waals surface area contributed by atoms with Gasteiger partial charge in [-0.05, 0) is 55.2 Å². The first-order valence-corrected chi connectivity index (χ1v) is 10.4. The third kappa shape index (κ3) is 5.80. The lowest BCUT2D eigenvalue weighted by Gasteiger charge is -2.31. The van der Waals surface area contributed by atoms with Crippen LogP contribution in [0.3, 0.4) is 0 Å². The highest BCUT2D eigenvalue weighted by Crippen LogP contribution is 2.33. The van der Waals surface area contributed by atoms with Crippen LogP contribution in [-0.4, -0.2) is 23.7 Å². The Hall–Kier alpha value is -2.40. The number of hydrogen-bond donors (Lipinski definition) is 2. The van der Waals surface area contributed by atoms with Gasteiger partial charge in [-0.25, -0.2) is 4.39 Å². The van der Waals surface area contributed by atoms with Crippen molar-refractivity contribution in [3.05, 3.63) is 53.8 Å². The van der Waals surface area contributed by atoms with E-state index in [9.17, 15) is 9.18 Å². The number of carbonyl (C=O) groups is 1. The molecule has 1 aliphatic rings. The van der Waals surface area contributed by atoms with Crippen LogP contribution < -0.4 is 10.1 Å². The summed E-state index contributed by atoms with van der Waals surface area (Å²) in [5.74, 6) is 1.07. The van der Waals surface area contributed by atoms with Gasteiger partial charge in [0.2, 0.25) is 0 Å². The molecule has 0 heterocycles. The van der Waals surface area contributed by atoms with E-state index in [2.05, 4.69) is 19.2 Å². The van der Waals surface area contributed by atoms with E-state index in [0.717, 1.165) is 36.0 Å². The lowest BCUT2D eigenvalue weighted by Crippen LogP contribution is -2.26. The van der Waals surface area contributed by atoms with Crippen molar-refractivity contribution in [3.8, 4) is 16.9 Å². The fraction of sp³-hybridized carbons (Fsp3) is 0.458. The molecule has 0 atom stereocenters. The Kier molecular flexibility index (Phi) is 7.26. The molecule has 4 nitrogen and oxygen atoms in total. The molecule has 1 saturated carbocycles. The number of ether oxygens (including phenoxy) is 1. The minimum Gasteiger partial charge on any atom is -0.490 e. The van der Waals surface area contributed by atoms with E-state index in [0.29, 0.717) is 11.1 Å². The van der Waals surface area contributed by atoms with E-state index in [1.165, 1.54) is 12.8 Å². The van der Waals surface area contributed by atoms with Crippen LogP contribution in [0.5, 0.6) is 5.75 Å². The van der Waals surface area contributed by atoms with Gasteiger partial charge in [-0.1, -0.05) is 44.2 Å². The molecule has 5 heteroatoms. The summed E-state index contributed by atoms with van der Waals surface area (Å²) < 4.78 is 21.0. The molecule has 0 amide bonds. The van der Waals surface area contributed by atoms with E-state index in [1.54, 1.807) is 18.2 Å². The normalized spacial score (nSPS) is 19.3. The maximum absolute atomic E-state index is 14.8. The number of hydrogen-bond acceptors (Lipinski definition) is 3. The van der Waals surface area contributed by atoms with Gasteiger partial charge in [-0.3, -0.25) is 4.79 Å². The smallest absolute Gasteiger partial charge is 0.317 e. The van der Waals surface area contributed by atoms with Crippen molar-refractivity contribution < 1.29 is 19.0 Å². The van der Waals surface area contributed by atoms with Crippen molar-refractivity contribution in [1.82, 2.24) is 5.32 Å². The summed E-state index contributed by atoms with van der Waals surface area (Å²) in [6.45, 7) is 4.56. The fourth-order valence-corrected chi connectivity index (χ4v) is 4.02. The molecule has 0 bridgehead atoms. The topological polar surface area (TPSA) is 58.6 Å². The lowest BCUT2D eigenvalue weighted by molar-refractivity contribution is -0.136. The maximum Gasteiger partial charge on any atom is 0.317 e. The van der Waals surface area contributed by atoms with E-state index >= 15 is 0 Å². The van der Waals surface area contributed by atoms with Gasteiger partial charge in [-0.15, -0.1) is 0 Å². The largest absolute Gasteiger partial charge is 0.490 e. The average molecular weight is 400 g/mol. The van der Waals surface area contributed by atoms with Gasteiger partial charge >= 0.3 is 5.97 Å². The van der Waals surface area contributed by atoms with Crippen LogP contribution in [0, 0.1) is 17.7 Å². The summed E-state index contributed by atoms with van der Waals surface area (Å²) in [5, 5.41) is 11.4. The second-order valence-corrected chi connectivity index (χ2v) is 8.20. The van der Waals surface area contributed by atoms with Crippen LogP contribution in [0.2, 0.25) is 0 Å². The maximum atomic E-state index is 14.8. The number of carboxylic acids is 1. The zero-order valence-electron chi connectivity index (χ0n) is 17.2. The monoisotopic (exact) mass is 399 g/mol. The number of carboxylic acid groups (broad SMARTS) is 1. The molecule has 0 saturated heterocycles. The number of halogens is 1. The summed E-state index contributed by atoms with van der Waals surface area (Å²) >= 11 is 0. The predicted octanol–water partition coefficient (Wildman–Crippen LogP) is 5.26. The summed E-state index contributed by atoms with van der Waals surface area (Å²) in [4.78, 5) is 10.6. The van der Waals surface area contributed by atoms with Crippen LogP contribution >= 0.6 is 0 Å². The third-order valence-corrected chi connectivity index (χ3v) is 5.80. The molecule has 29 heavy (non-hydrogen) atoms. The Morgan fingerprint density at radius 1 is 1.14 bits per heavy atom. The molecule has 1 aliphatic carbocycles. The molecular formula is C24H30FNO3. The Morgan fingerprint density at radius 3 is 2.45 bits per heavy atom. The van der Waals surface area contributed by atoms with Crippen LogP contribution in [0.1, 0.15) is 45.1 Å².